The first-order valence-corrected chi connectivity index (χ1v) is 8.77. The Morgan fingerprint density at radius 3 is 2.65 bits per heavy atom. The third-order valence-corrected chi connectivity index (χ3v) is 5.78. The fourth-order valence-corrected chi connectivity index (χ4v) is 4.55. The molecule has 3 rings (SSSR count). The molecule has 0 saturated carbocycles. The summed E-state index contributed by atoms with van der Waals surface area (Å²) < 4.78 is 0. The maximum atomic E-state index is 11.0. The molecule has 134 valence electrons. The molecule has 1 aromatic rings. The molecule has 1 aliphatic carbocycles. The Balaban J connectivity index is 1.92. The lowest BCUT2D eigenvalue weighted by Crippen LogP contribution is -2.11. The number of phenols is 1. The number of phenolic OH excluding ortho intramolecular Hbond substituents is 1. The first-order chi connectivity index (χ1) is 12.4. The molecule has 0 saturated heterocycles. The highest BCUT2D eigenvalue weighted by molar-refractivity contribution is 8.04. The van der Waals surface area contributed by atoms with Gasteiger partial charge in [-0.2, -0.15) is 5.26 Å². The number of aromatic hydroxyl groups is 1. The van der Waals surface area contributed by atoms with Crippen molar-refractivity contribution in [2.24, 2.45) is 10.9 Å². The predicted octanol–water partition coefficient (Wildman–Crippen LogP) is 3.67. The number of nitrogens with zero attached hydrogens (tertiary/aromatic N) is 4. The molecule has 0 aromatic heterocycles. The van der Waals surface area contributed by atoms with E-state index in [1.54, 1.807) is 0 Å². The summed E-state index contributed by atoms with van der Waals surface area (Å²) >= 11 is 1.48. The van der Waals surface area contributed by atoms with E-state index >= 15 is 0 Å². The molecule has 1 aliphatic heterocycles. The van der Waals surface area contributed by atoms with E-state index in [4.69, 9.17) is 0 Å². The van der Waals surface area contributed by atoms with Gasteiger partial charge in [-0.05, 0) is 36.2 Å². The number of nitro groups is 2. The molecule has 26 heavy (non-hydrogen) atoms. The van der Waals surface area contributed by atoms with Gasteiger partial charge in [-0.3, -0.25) is 25.2 Å². The summed E-state index contributed by atoms with van der Waals surface area (Å²) in [7, 11) is 0. The Kier molecular flexibility index (Phi) is 4.90. The average Bonchev–Trinajstić information content (AvgIpc) is 2.97. The van der Waals surface area contributed by atoms with Crippen LogP contribution in [0, 0.1) is 37.5 Å². The summed E-state index contributed by atoms with van der Waals surface area (Å²) in [5.41, 5.74) is -0.286. The maximum absolute atomic E-state index is 11.0. The van der Waals surface area contributed by atoms with Gasteiger partial charge in [-0.1, -0.05) is 0 Å². The van der Waals surface area contributed by atoms with Crippen LogP contribution in [0.1, 0.15) is 31.2 Å². The number of rotatable bonds is 4. The summed E-state index contributed by atoms with van der Waals surface area (Å²) in [5.74, 6) is -1.07. The van der Waals surface area contributed by atoms with Crippen molar-refractivity contribution in [1.82, 2.24) is 0 Å². The van der Waals surface area contributed by atoms with Gasteiger partial charge in [0.15, 0.2) is 0 Å². The van der Waals surface area contributed by atoms with Crippen molar-refractivity contribution in [3.63, 3.8) is 0 Å². The van der Waals surface area contributed by atoms with Crippen LogP contribution in [-0.2, 0) is 0 Å². The molecule has 9 nitrogen and oxygen atoms in total. The second kappa shape index (κ2) is 7.13. The normalized spacial score (nSPS) is 22.3. The Bertz CT molecular complexity index is 889. The summed E-state index contributed by atoms with van der Waals surface area (Å²) in [6.07, 6.45) is 5.05. The van der Waals surface area contributed by atoms with Crippen molar-refractivity contribution >= 4 is 29.4 Å². The molecule has 0 amide bonds. The molecule has 0 unspecified atom stereocenters. The fourth-order valence-electron chi connectivity index (χ4n) is 3.13. The van der Waals surface area contributed by atoms with Gasteiger partial charge in [-0.15, -0.1) is 11.8 Å². The highest BCUT2D eigenvalue weighted by Crippen LogP contribution is 2.49. The van der Waals surface area contributed by atoms with E-state index in [9.17, 15) is 30.6 Å². The van der Waals surface area contributed by atoms with Crippen molar-refractivity contribution in [1.29, 1.82) is 5.26 Å². The number of hydrogen-bond acceptors (Lipinski definition) is 8. The summed E-state index contributed by atoms with van der Waals surface area (Å²) in [6, 6.07) is 3.98. The van der Waals surface area contributed by atoms with E-state index in [1.807, 2.05) is 0 Å². The van der Waals surface area contributed by atoms with Gasteiger partial charge in [0.1, 0.15) is 11.3 Å². The van der Waals surface area contributed by atoms with Crippen molar-refractivity contribution in [2.75, 3.05) is 0 Å². The minimum atomic E-state index is -0.887. The minimum absolute atomic E-state index is 0.118. The predicted molar refractivity (Wildman–Crippen MR) is 95.0 cm³/mol. The lowest BCUT2D eigenvalue weighted by atomic mass is 9.90. The molecule has 0 spiro atoms. The van der Waals surface area contributed by atoms with Gasteiger partial charge < -0.3 is 5.11 Å². The van der Waals surface area contributed by atoms with Gasteiger partial charge >= 0.3 is 5.69 Å². The van der Waals surface area contributed by atoms with Crippen molar-refractivity contribution in [3.05, 3.63) is 48.4 Å². The molecule has 1 aromatic carbocycles. The van der Waals surface area contributed by atoms with Crippen molar-refractivity contribution in [3.8, 4) is 11.8 Å². The van der Waals surface area contributed by atoms with E-state index in [-0.39, 0.29) is 11.5 Å². The molecule has 2 atom stereocenters. The van der Waals surface area contributed by atoms with Crippen LogP contribution in [0.15, 0.2) is 27.6 Å². The van der Waals surface area contributed by atoms with Gasteiger partial charge in [0.05, 0.1) is 22.0 Å². The SMILES string of the molecule is N#C[C@@H]1C2=C(CCCC2)S[C@H]1N=Cc1cc([N+](=O)[O-])cc([N+](=O)[O-])c1O. The number of nitro benzene ring substituents is 2. The zero-order valence-electron chi connectivity index (χ0n) is 13.5. The molecule has 1 heterocycles. The standard InChI is InChI=1S/C16H14N4O5S/c17-7-12-11-3-1-2-4-14(11)26-16(12)18-8-9-5-10(19(22)23)6-13(15(9)21)20(24)25/h5-6,8,12,16,21H,1-4H2/t12-,16-/m1/s1. The average molecular weight is 374 g/mol. The largest absolute Gasteiger partial charge is 0.502 e. The maximum Gasteiger partial charge on any atom is 0.318 e. The van der Waals surface area contributed by atoms with Gasteiger partial charge in [-0.25, -0.2) is 0 Å². The topological polar surface area (TPSA) is 143 Å². The first kappa shape index (κ1) is 17.9. The molecular formula is C16H14N4O5S. The van der Waals surface area contributed by atoms with Crippen molar-refractivity contribution in [2.45, 2.75) is 31.1 Å². The summed E-state index contributed by atoms with van der Waals surface area (Å²) in [5, 5.41) is 41.1. The second-order valence-electron chi connectivity index (χ2n) is 5.97. The Hall–Kier alpha value is -2.93. The fraction of sp³-hybridized carbons (Fsp3) is 0.375. The van der Waals surface area contributed by atoms with Gasteiger partial charge in [0.2, 0.25) is 5.75 Å². The molecular weight excluding hydrogens is 360 g/mol. The third-order valence-electron chi connectivity index (χ3n) is 4.39. The van der Waals surface area contributed by atoms with Crippen LogP contribution < -0.4 is 0 Å². The van der Waals surface area contributed by atoms with Crippen LogP contribution in [0.25, 0.3) is 0 Å². The van der Waals surface area contributed by atoms with E-state index < -0.39 is 32.3 Å². The van der Waals surface area contributed by atoms with E-state index in [0.717, 1.165) is 37.3 Å². The molecule has 1 N–H and O–H groups in total. The van der Waals surface area contributed by atoms with E-state index in [1.165, 1.54) is 22.9 Å². The van der Waals surface area contributed by atoms with Crippen LogP contribution in [-0.4, -0.2) is 26.5 Å². The zero-order valence-corrected chi connectivity index (χ0v) is 14.3. The van der Waals surface area contributed by atoms with Crippen LogP contribution in [0.3, 0.4) is 0 Å². The number of non-ortho nitro benzene ring substituents is 1. The molecule has 0 fully saturated rings. The quantitative estimate of drug-likeness (QED) is 0.481. The number of allylic oxidation sites excluding steroid dienone is 1. The van der Waals surface area contributed by atoms with E-state index in [0.29, 0.717) is 6.07 Å². The minimum Gasteiger partial charge on any atom is -0.502 e. The second-order valence-corrected chi connectivity index (χ2v) is 7.18. The zero-order chi connectivity index (χ0) is 18.8. The molecule has 0 bridgehead atoms. The number of aliphatic imine (C=N–C) groups is 1. The Morgan fingerprint density at radius 1 is 1.27 bits per heavy atom. The Morgan fingerprint density at radius 2 is 2.00 bits per heavy atom. The first-order valence-electron chi connectivity index (χ1n) is 7.89. The Labute approximate surface area is 152 Å². The lowest BCUT2D eigenvalue weighted by molar-refractivity contribution is -0.394. The molecule has 0 radical (unpaired) electrons. The number of benzene rings is 1. The third kappa shape index (κ3) is 3.25. The highest BCUT2D eigenvalue weighted by Gasteiger charge is 2.36. The van der Waals surface area contributed by atoms with Crippen LogP contribution >= 0.6 is 11.8 Å². The summed E-state index contributed by atoms with van der Waals surface area (Å²) in [6.45, 7) is 0. The molecule has 10 heteroatoms. The number of nitriles is 1. The van der Waals surface area contributed by atoms with Crippen LogP contribution in [0.5, 0.6) is 5.75 Å². The smallest absolute Gasteiger partial charge is 0.318 e. The monoisotopic (exact) mass is 374 g/mol. The van der Waals surface area contributed by atoms with E-state index in [2.05, 4.69) is 11.1 Å². The van der Waals surface area contributed by atoms with Crippen LogP contribution in [0.4, 0.5) is 11.4 Å². The number of thioether (sulfide) groups is 1. The summed E-state index contributed by atoms with van der Waals surface area (Å²) in [4.78, 5) is 25.8. The molecule has 2 aliphatic rings. The van der Waals surface area contributed by atoms with Crippen LogP contribution in [0.2, 0.25) is 0 Å². The van der Waals surface area contributed by atoms with Gasteiger partial charge in [0, 0.05) is 17.8 Å². The van der Waals surface area contributed by atoms with Crippen molar-refractivity contribution < 1.29 is 15.0 Å². The number of hydrogen-bond donors (Lipinski definition) is 1. The van der Waals surface area contributed by atoms with Gasteiger partial charge in [0.25, 0.3) is 5.69 Å². The highest BCUT2D eigenvalue weighted by atomic mass is 32.2. The lowest BCUT2D eigenvalue weighted by Gasteiger charge is -2.14.